The predicted molar refractivity (Wildman–Crippen MR) is 58.4 cm³/mol. The molecule has 0 bridgehead atoms. The van der Waals surface area contributed by atoms with Crippen molar-refractivity contribution in [2.24, 2.45) is 0 Å². The number of aliphatic hydroxyl groups excluding tert-OH is 2. The number of rotatable bonds is 6. The molecule has 0 aromatic carbocycles. The summed E-state index contributed by atoms with van der Waals surface area (Å²) in [6.07, 6.45) is -4.16. The Kier molecular flexibility index (Phi) is 12.1. The molecule has 0 amide bonds. The van der Waals surface area contributed by atoms with E-state index in [1.165, 1.54) is 6.92 Å². The number of aliphatic carboxylic acids is 1. The van der Waals surface area contributed by atoms with E-state index in [-0.39, 0.29) is 6.61 Å². The summed E-state index contributed by atoms with van der Waals surface area (Å²) in [6.45, 7) is 7.18. The van der Waals surface area contributed by atoms with Gasteiger partial charge in [0.05, 0.1) is 6.61 Å². The van der Waals surface area contributed by atoms with Crippen LogP contribution in [0.1, 0.15) is 20.8 Å². The molecule has 0 aliphatic carbocycles. The van der Waals surface area contributed by atoms with Crippen molar-refractivity contribution in [2.75, 3.05) is 19.8 Å². The van der Waals surface area contributed by atoms with Crippen molar-refractivity contribution < 1.29 is 34.4 Å². The number of hydrogen-bond donors (Lipinski definition) is 3. The van der Waals surface area contributed by atoms with Crippen LogP contribution in [0.3, 0.4) is 0 Å². The molecule has 0 fully saturated rings. The zero-order chi connectivity index (χ0) is 13.8. The van der Waals surface area contributed by atoms with Crippen LogP contribution >= 0.6 is 0 Å². The van der Waals surface area contributed by atoms with E-state index in [0.29, 0.717) is 0 Å². The lowest BCUT2D eigenvalue weighted by Crippen LogP contribution is -2.40. The fraction of sp³-hybridized carbons (Fsp3) is 0.800. The van der Waals surface area contributed by atoms with Gasteiger partial charge in [0.15, 0.2) is 12.2 Å². The van der Waals surface area contributed by atoms with Gasteiger partial charge in [-0.25, -0.2) is 9.59 Å². The Labute approximate surface area is 100.0 Å². The summed E-state index contributed by atoms with van der Waals surface area (Å²) < 4.78 is 9.10. The zero-order valence-corrected chi connectivity index (χ0v) is 10.3. The molecule has 102 valence electrons. The van der Waals surface area contributed by atoms with E-state index in [1.807, 2.05) is 13.8 Å². The summed E-state index contributed by atoms with van der Waals surface area (Å²) in [5.74, 6) is -2.82. The molecule has 17 heavy (non-hydrogen) atoms. The highest BCUT2D eigenvalue weighted by molar-refractivity contribution is 5.84. The molecule has 0 aromatic heterocycles. The van der Waals surface area contributed by atoms with Crippen molar-refractivity contribution in [3.05, 3.63) is 0 Å². The van der Waals surface area contributed by atoms with Gasteiger partial charge in [0.2, 0.25) is 0 Å². The first-order valence-corrected chi connectivity index (χ1v) is 5.25. The molecule has 0 spiro atoms. The van der Waals surface area contributed by atoms with Crippen molar-refractivity contribution in [1.29, 1.82) is 0 Å². The standard InChI is InChI=1S/C6H10O6.C4H10O/c1-2-12-6(11)4(8)3(7)5(9)10;1-3-5-4-2/h3-4,7-8H,2H2,1H3,(H,9,10);3-4H2,1-2H3. The Morgan fingerprint density at radius 1 is 1.00 bits per heavy atom. The number of carboxylic acid groups (broad SMARTS) is 1. The minimum Gasteiger partial charge on any atom is -0.479 e. The minimum absolute atomic E-state index is 0.0161. The van der Waals surface area contributed by atoms with Gasteiger partial charge in [-0.2, -0.15) is 0 Å². The fourth-order valence-corrected chi connectivity index (χ4v) is 0.696. The molecule has 0 aliphatic rings. The third kappa shape index (κ3) is 9.73. The highest BCUT2D eigenvalue weighted by Gasteiger charge is 2.30. The third-order valence-electron chi connectivity index (χ3n) is 1.49. The number of hydrogen-bond acceptors (Lipinski definition) is 6. The number of ether oxygens (including phenoxy) is 2. The largest absolute Gasteiger partial charge is 0.479 e. The van der Waals surface area contributed by atoms with Gasteiger partial charge in [-0.15, -0.1) is 0 Å². The number of carbonyl (C=O) groups excluding carboxylic acids is 1. The molecule has 0 saturated carbocycles. The Morgan fingerprint density at radius 3 is 1.71 bits per heavy atom. The van der Waals surface area contributed by atoms with Crippen LogP contribution in [-0.2, 0) is 19.1 Å². The van der Waals surface area contributed by atoms with Gasteiger partial charge in [-0.05, 0) is 20.8 Å². The molecule has 0 aromatic rings. The van der Waals surface area contributed by atoms with Gasteiger partial charge >= 0.3 is 11.9 Å². The smallest absolute Gasteiger partial charge is 0.338 e. The van der Waals surface area contributed by atoms with Crippen molar-refractivity contribution in [1.82, 2.24) is 0 Å². The Hall–Kier alpha value is -1.18. The first kappa shape index (κ1) is 18.2. The van der Waals surface area contributed by atoms with E-state index in [9.17, 15) is 9.59 Å². The van der Waals surface area contributed by atoms with Crippen molar-refractivity contribution in [2.45, 2.75) is 33.0 Å². The van der Waals surface area contributed by atoms with Gasteiger partial charge in [-0.3, -0.25) is 0 Å². The van der Waals surface area contributed by atoms with Gasteiger partial charge in [-0.1, -0.05) is 0 Å². The van der Waals surface area contributed by atoms with Crippen LogP contribution in [0.2, 0.25) is 0 Å². The monoisotopic (exact) mass is 252 g/mol. The molecule has 0 heterocycles. The molecule has 3 N–H and O–H groups in total. The number of carboxylic acids is 1. The zero-order valence-electron chi connectivity index (χ0n) is 10.3. The summed E-state index contributed by atoms with van der Waals surface area (Å²) >= 11 is 0. The van der Waals surface area contributed by atoms with Crippen LogP contribution < -0.4 is 0 Å². The number of carbonyl (C=O) groups is 2. The Bertz CT molecular complexity index is 215. The normalized spacial score (nSPS) is 13.0. The quantitative estimate of drug-likeness (QED) is 0.541. The summed E-state index contributed by atoms with van der Waals surface area (Å²) in [6, 6.07) is 0. The molecule has 0 saturated heterocycles. The van der Waals surface area contributed by atoms with E-state index in [4.69, 9.17) is 20.1 Å². The molecule has 2 unspecified atom stereocenters. The number of esters is 1. The van der Waals surface area contributed by atoms with E-state index in [2.05, 4.69) is 4.74 Å². The van der Waals surface area contributed by atoms with Gasteiger partial charge < -0.3 is 24.8 Å². The van der Waals surface area contributed by atoms with Crippen LogP contribution in [0.15, 0.2) is 0 Å². The first-order valence-electron chi connectivity index (χ1n) is 5.25. The summed E-state index contributed by atoms with van der Waals surface area (Å²) in [5, 5.41) is 25.6. The van der Waals surface area contributed by atoms with Crippen molar-refractivity contribution in [3.8, 4) is 0 Å². The molecule has 0 aliphatic heterocycles. The van der Waals surface area contributed by atoms with Gasteiger partial charge in [0, 0.05) is 13.2 Å². The summed E-state index contributed by atoms with van der Waals surface area (Å²) in [4.78, 5) is 20.6. The van der Waals surface area contributed by atoms with Crippen LogP contribution in [-0.4, -0.2) is 59.3 Å². The van der Waals surface area contributed by atoms with Crippen LogP contribution in [0.5, 0.6) is 0 Å². The van der Waals surface area contributed by atoms with Gasteiger partial charge in [0.1, 0.15) is 0 Å². The maximum atomic E-state index is 10.6. The highest BCUT2D eigenvalue weighted by atomic mass is 16.5. The van der Waals surface area contributed by atoms with Crippen LogP contribution in [0, 0.1) is 0 Å². The summed E-state index contributed by atoms with van der Waals surface area (Å²) in [7, 11) is 0. The molecule has 2 atom stereocenters. The van der Waals surface area contributed by atoms with E-state index >= 15 is 0 Å². The van der Waals surface area contributed by atoms with E-state index < -0.39 is 24.1 Å². The lowest BCUT2D eigenvalue weighted by atomic mass is 10.2. The minimum atomic E-state index is -2.14. The SMILES string of the molecule is CCOC(=O)C(O)C(O)C(=O)O.CCOCC. The lowest BCUT2D eigenvalue weighted by Gasteiger charge is -2.11. The second-order valence-electron chi connectivity index (χ2n) is 2.76. The second kappa shape index (κ2) is 11.3. The third-order valence-corrected chi connectivity index (χ3v) is 1.49. The first-order chi connectivity index (χ1) is 7.92. The topological polar surface area (TPSA) is 113 Å². The highest BCUT2D eigenvalue weighted by Crippen LogP contribution is 1.96. The van der Waals surface area contributed by atoms with E-state index in [0.717, 1.165) is 13.2 Å². The maximum absolute atomic E-state index is 10.6. The van der Waals surface area contributed by atoms with Crippen LogP contribution in [0.4, 0.5) is 0 Å². The van der Waals surface area contributed by atoms with Gasteiger partial charge in [0.25, 0.3) is 0 Å². The molecule has 0 rings (SSSR count). The average molecular weight is 252 g/mol. The Morgan fingerprint density at radius 2 is 1.47 bits per heavy atom. The summed E-state index contributed by atoms with van der Waals surface area (Å²) in [5.41, 5.74) is 0. The van der Waals surface area contributed by atoms with Crippen LogP contribution in [0.25, 0.3) is 0 Å². The van der Waals surface area contributed by atoms with E-state index in [1.54, 1.807) is 0 Å². The number of aliphatic hydroxyl groups is 2. The molecule has 7 nitrogen and oxygen atoms in total. The molecular formula is C10H20O7. The molecular weight excluding hydrogens is 232 g/mol. The maximum Gasteiger partial charge on any atom is 0.338 e. The predicted octanol–water partition coefficient (Wildman–Crippen LogP) is -0.601. The second-order valence-corrected chi connectivity index (χ2v) is 2.76. The Balaban J connectivity index is 0. The van der Waals surface area contributed by atoms with Crippen molar-refractivity contribution >= 4 is 11.9 Å². The average Bonchev–Trinajstić information content (AvgIpc) is 2.29. The lowest BCUT2D eigenvalue weighted by molar-refractivity contribution is -0.169. The van der Waals surface area contributed by atoms with Crippen molar-refractivity contribution in [3.63, 3.8) is 0 Å². The molecule has 7 heteroatoms. The fourth-order valence-electron chi connectivity index (χ4n) is 0.696. The molecule has 0 radical (unpaired) electrons.